The van der Waals surface area contributed by atoms with Crippen molar-refractivity contribution < 1.29 is 9.53 Å². The number of nitrogens with zero attached hydrogens (tertiary/aromatic N) is 1. The number of benzene rings is 2. The lowest BCUT2D eigenvalue weighted by Crippen LogP contribution is -2.44. The molecule has 4 rings (SSSR count). The minimum Gasteiger partial charge on any atom is -0.489 e. The monoisotopic (exact) mass is 350 g/mol. The lowest BCUT2D eigenvalue weighted by Gasteiger charge is -2.38. The van der Waals surface area contributed by atoms with E-state index in [0.717, 1.165) is 55.9 Å². The molecule has 1 N–H and O–H groups in total. The van der Waals surface area contributed by atoms with Crippen LogP contribution < -0.4 is 10.1 Å². The van der Waals surface area contributed by atoms with Crippen LogP contribution in [0.5, 0.6) is 5.75 Å². The Balaban J connectivity index is 1.37. The fourth-order valence-electron chi connectivity index (χ4n) is 4.05. The molecule has 0 bridgehead atoms. The molecule has 26 heavy (non-hydrogen) atoms. The summed E-state index contributed by atoms with van der Waals surface area (Å²) in [6.07, 6.45) is 3.46. The first-order chi connectivity index (χ1) is 12.7. The topological polar surface area (TPSA) is 41.6 Å². The van der Waals surface area contributed by atoms with Crippen molar-refractivity contribution >= 4 is 5.91 Å². The Labute approximate surface area is 155 Å². The van der Waals surface area contributed by atoms with Gasteiger partial charge in [0.1, 0.15) is 12.4 Å². The van der Waals surface area contributed by atoms with Crippen molar-refractivity contribution in [3.63, 3.8) is 0 Å². The Morgan fingerprint density at radius 3 is 2.58 bits per heavy atom. The highest BCUT2D eigenvalue weighted by molar-refractivity contribution is 5.94. The van der Waals surface area contributed by atoms with Gasteiger partial charge >= 0.3 is 0 Å². The summed E-state index contributed by atoms with van der Waals surface area (Å²) in [5.74, 6) is 0.865. The molecule has 2 heterocycles. The predicted molar refractivity (Wildman–Crippen MR) is 102 cm³/mol. The van der Waals surface area contributed by atoms with Crippen LogP contribution in [0.4, 0.5) is 0 Å². The molecule has 2 aliphatic rings. The summed E-state index contributed by atoms with van der Waals surface area (Å²) >= 11 is 0. The summed E-state index contributed by atoms with van der Waals surface area (Å²) in [6, 6.07) is 17.6. The average Bonchev–Trinajstić information content (AvgIpc) is 3.15. The number of amides is 1. The molecule has 2 aromatic rings. The van der Waals surface area contributed by atoms with Crippen LogP contribution >= 0.6 is 0 Å². The quantitative estimate of drug-likeness (QED) is 0.918. The lowest BCUT2D eigenvalue weighted by molar-refractivity contribution is 0.0607. The molecule has 1 spiro atoms. The molecular formula is C22H26N2O2. The number of carbonyl (C=O) groups is 1. The van der Waals surface area contributed by atoms with Gasteiger partial charge in [-0.25, -0.2) is 0 Å². The highest BCUT2D eigenvalue weighted by atomic mass is 16.5. The Bertz CT molecular complexity index is 744. The Morgan fingerprint density at radius 2 is 1.85 bits per heavy atom. The van der Waals surface area contributed by atoms with Crippen molar-refractivity contribution in [2.45, 2.75) is 25.9 Å². The molecule has 0 aromatic heterocycles. The first kappa shape index (κ1) is 17.1. The van der Waals surface area contributed by atoms with Crippen molar-refractivity contribution in [2.75, 3.05) is 26.2 Å². The van der Waals surface area contributed by atoms with E-state index in [2.05, 4.69) is 5.32 Å². The van der Waals surface area contributed by atoms with E-state index in [1.165, 1.54) is 6.42 Å². The van der Waals surface area contributed by atoms with Gasteiger partial charge in [0.2, 0.25) is 0 Å². The number of ether oxygens (including phenoxy) is 1. The summed E-state index contributed by atoms with van der Waals surface area (Å²) in [6.45, 7) is 4.45. The second-order valence-corrected chi connectivity index (χ2v) is 7.52. The van der Waals surface area contributed by atoms with Crippen molar-refractivity contribution in [3.8, 4) is 5.75 Å². The molecular weight excluding hydrogens is 324 g/mol. The summed E-state index contributed by atoms with van der Waals surface area (Å²) < 4.78 is 5.87. The molecule has 4 nitrogen and oxygen atoms in total. The van der Waals surface area contributed by atoms with Gasteiger partial charge in [-0.1, -0.05) is 36.4 Å². The van der Waals surface area contributed by atoms with E-state index >= 15 is 0 Å². The minimum atomic E-state index is 0.121. The van der Waals surface area contributed by atoms with Crippen LogP contribution in [0.2, 0.25) is 0 Å². The average molecular weight is 350 g/mol. The van der Waals surface area contributed by atoms with Crippen molar-refractivity contribution in [3.05, 3.63) is 65.7 Å². The zero-order chi connectivity index (χ0) is 17.8. The third-order valence-corrected chi connectivity index (χ3v) is 5.77. The van der Waals surface area contributed by atoms with E-state index in [9.17, 15) is 4.79 Å². The maximum Gasteiger partial charge on any atom is 0.253 e. The van der Waals surface area contributed by atoms with Gasteiger partial charge in [0.05, 0.1) is 0 Å². The molecule has 4 heteroatoms. The minimum absolute atomic E-state index is 0.121. The third-order valence-electron chi connectivity index (χ3n) is 5.77. The number of hydrogen-bond acceptors (Lipinski definition) is 3. The highest BCUT2D eigenvalue weighted by Gasteiger charge is 2.38. The second kappa shape index (κ2) is 7.50. The van der Waals surface area contributed by atoms with E-state index < -0.39 is 0 Å². The molecule has 2 aromatic carbocycles. The van der Waals surface area contributed by atoms with Crippen LogP contribution in [0, 0.1) is 5.41 Å². The zero-order valence-corrected chi connectivity index (χ0v) is 15.1. The Kier molecular flexibility index (Phi) is 4.93. The van der Waals surface area contributed by atoms with E-state index in [0.29, 0.717) is 12.0 Å². The van der Waals surface area contributed by atoms with Gasteiger partial charge in [-0.2, -0.15) is 0 Å². The van der Waals surface area contributed by atoms with Gasteiger partial charge in [0.15, 0.2) is 0 Å². The van der Waals surface area contributed by atoms with Gasteiger partial charge in [-0.15, -0.1) is 0 Å². The lowest BCUT2D eigenvalue weighted by atomic mass is 9.78. The number of nitrogens with one attached hydrogen (secondary N) is 1. The SMILES string of the molecule is O=C(c1cccc(OCc2ccccc2)c1)N1CCC2(CCNC2)CC1. The maximum absolute atomic E-state index is 12.9. The molecule has 136 valence electrons. The van der Waals surface area contributed by atoms with E-state index in [4.69, 9.17) is 4.74 Å². The smallest absolute Gasteiger partial charge is 0.253 e. The molecule has 2 fully saturated rings. The molecule has 2 saturated heterocycles. The zero-order valence-electron chi connectivity index (χ0n) is 15.1. The van der Waals surface area contributed by atoms with Gasteiger partial charge in [0.25, 0.3) is 5.91 Å². The number of hydrogen-bond donors (Lipinski definition) is 1. The van der Waals surface area contributed by atoms with Crippen LogP contribution in [0.25, 0.3) is 0 Å². The van der Waals surface area contributed by atoms with Crippen LogP contribution in [0.15, 0.2) is 54.6 Å². The van der Waals surface area contributed by atoms with Crippen molar-refractivity contribution in [1.82, 2.24) is 10.2 Å². The molecule has 0 saturated carbocycles. The van der Waals surface area contributed by atoms with Crippen LogP contribution in [-0.2, 0) is 6.61 Å². The Morgan fingerprint density at radius 1 is 1.04 bits per heavy atom. The summed E-state index contributed by atoms with van der Waals surface area (Å²) in [5, 5.41) is 3.47. The second-order valence-electron chi connectivity index (χ2n) is 7.52. The van der Waals surface area contributed by atoms with Gasteiger partial charge in [-0.05, 0) is 55.0 Å². The van der Waals surface area contributed by atoms with Gasteiger partial charge < -0.3 is 15.0 Å². The fourth-order valence-corrected chi connectivity index (χ4v) is 4.05. The number of piperidine rings is 1. The van der Waals surface area contributed by atoms with Crippen LogP contribution in [0.3, 0.4) is 0 Å². The standard InChI is InChI=1S/C22H26N2O2/c25-21(24-13-10-22(11-14-24)9-12-23-17-22)19-7-4-8-20(15-19)26-16-18-5-2-1-3-6-18/h1-8,15,23H,9-14,16-17H2. The molecule has 0 atom stereocenters. The van der Waals surface area contributed by atoms with Crippen molar-refractivity contribution in [1.29, 1.82) is 0 Å². The predicted octanol–water partition coefficient (Wildman–Crippen LogP) is 3.48. The summed E-state index contributed by atoms with van der Waals surface area (Å²) in [7, 11) is 0. The number of carbonyl (C=O) groups excluding carboxylic acids is 1. The molecule has 0 unspecified atom stereocenters. The molecule has 1 amide bonds. The van der Waals surface area contributed by atoms with Crippen LogP contribution in [0.1, 0.15) is 35.2 Å². The first-order valence-corrected chi connectivity index (χ1v) is 9.51. The normalized spacial score (nSPS) is 18.8. The third kappa shape index (κ3) is 3.75. The first-order valence-electron chi connectivity index (χ1n) is 9.51. The van der Waals surface area contributed by atoms with Crippen LogP contribution in [-0.4, -0.2) is 37.0 Å². The maximum atomic E-state index is 12.9. The van der Waals surface area contributed by atoms with E-state index in [1.807, 2.05) is 59.5 Å². The molecule has 2 aliphatic heterocycles. The van der Waals surface area contributed by atoms with Crippen molar-refractivity contribution in [2.24, 2.45) is 5.41 Å². The van der Waals surface area contributed by atoms with E-state index in [1.54, 1.807) is 0 Å². The molecule has 0 radical (unpaired) electrons. The number of rotatable bonds is 4. The fraction of sp³-hybridized carbons (Fsp3) is 0.409. The summed E-state index contributed by atoms with van der Waals surface area (Å²) in [5.41, 5.74) is 2.27. The largest absolute Gasteiger partial charge is 0.489 e. The van der Waals surface area contributed by atoms with E-state index in [-0.39, 0.29) is 5.91 Å². The Hall–Kier alpha value is -2.33. The summed E-state index contributed by atoms with van der Waals surface area (Å²) in [4.78, 5) is 14.9. The van der Waals surface area contributed by atoms with Gasteiger partial charge in [-0.3, -0.25) is 4.79 Å². The van der Waals surface area contributed by atoms with Gasteiger partial charge in [0, 0.05) is 25.2 Å². The highest BCUT2D eigenvalue weighted by Crippen LogP contribution is 2.37. The number of likely N-dealkylation sites (tertiary alicyclic amines) is 1. The molecule has 0 aliphatic carbocycles.